The first-order valence-electron chi connectivity index (χ1n) is 10.6. The fourth-order valence-corrected chi connectivity index (χ4v) is 3.24. The van der Waals surface area contributed by atoms with E-state index in [1.165, 1.54) is 0 Å². The minimum atomic E-state index is 0.00251. The highest BCUT2D eigenvalue weighted by atomic mass is 16.5. The molecule has 34 heavy (non-hydrogen) atoms. The molecule has 8 heteroatoms. The van der Waals surface area contributed by atoms with Gasteiger partial charge in [0.2, 0.25) is 5.95 Å². The molecule has 4 aromatic rings. The van der Waals surface area contributed by atoms with Crippen molar-refractivity contribution in [3.05, 3.63) is 90.0 Å². The molecule has 0 atom stereocenters. The maximum Gasteiger partial charge on any atom is 0.222 e. The van der Waals surface area contributed by atoms with Crippen LogP contribution in [-0.4, -0.2) is 23.2 Å². The van der Waals surface area contributed by atoms with Crippen LogP contribution in [0.4, 0.5) is 11.8 Å². The molecule has 3 aromatic carbocycles. The van der Waals surface area contributed by atoms with Crippen LogP contribution in [0, 0.1) is 11.3 Å². The Morgan fingerprint density at radius 2 is 1.41 bits per heavy atom. The zero-order valence-electron chi connectivity index (χ0n) is 18.3. The maximum atomic E-state index is 9.40. The molecule has 0 radical (unpaired) electrons. The van der Waals surface area contributed by atoms with Gasteiger partial charge >= 0.3 is 0 Å². The second kappa shape index (κ2) is 10.7. The number of ether oxygens (including phenoxy) is 3. The van der Waals surface area contributed by atoms with E-state index in [4.69, 9.17) is 25.7 Å². The monoisotopic (exact) mass is 453 g/mol. The van der Waals surface area contributed by atoms with Gasteiger partial charge in [0.1, 0.15) is 54.5 Å². The summed E-state index contributed by atoms with van der Waals surface area (Å²) in [5.74, 6) is 2.14. The van der Waals surface area contributed by atoms with Gasteiger partial charge < -0.3 is 25.7 Å². The molecule has 0 fully saturated rings. The normalized spacial score (nSPS) is 10.3. The molecule has 170 valence electrons. The van der Waals surface area contributed by atoms with E-state index < -0.39 is 0 Å². The minimum absolute atomic E-state index is 0.00251. The third-order valence-electron chi connectivity index (χ3n) is 4.87. The van der Waals surface area contributed by atoms with Crippen LogP contribution in [0.15, 0.2) is 78.9 Å². The Bertz CT molecular complexity index is 1290. The number of rotatable bonds is 9. The van der Waals surface area contributed by atoms with Crippen LogP contribution in [0.1, 0.15) is 11.1 Å². The number of hydrogen-bond donors (Lipinski definition) is 2. The van der Waals surface area contributed by atoms with Crippen molar-refractivity contribution >= 4 is 11.8 Å². The van der Waals surface area contributed by atoms with Crippen LogP contribution < -0.4 is 25.7 Å². The van der Waals surface area contributed by atoms with Crippen LogP contribution in [0.25, 0.3) is 11.3 Å². The van der Waals surface area contributed by atoms with Gasteiger partial charge in [0.25, 0.3) is 0 Å². The van der Waals surface area contributed by atoms with Crippen molar-refractivity contribution in [2.75, 3.05) is 24.7 Å². The topological polar surface area (TPSA) is 129 Å². The number of nitrogens with two attached hydrogens (primary N) is 2. The molecule has 0 aliphatic carbocycles. The van der Waals surface area contributed by atoms with Crippen molar-refractivity contribution in [3.63, 3.8) is 0 Å². The smallest absolute Gasteiger partial charge is 0.222 e. The van der Waals surface area contributed by atoms with Crippen LogP contribution in [0.3, 0.4) is 0 Å². The summed E-state index contributed by atoms with van der Waals surface area (Å²) >= 11 is 0. The number of nitriles is 1. The number of aromatic nitrogens is 2. The van der Waals surface area contributed by atoms with E-state index in [2.05, 4.69) is 9.97 Å². The molecular formula is C26H23N5O3. The zero-order chi connectivity index (χ0) is 23.8. The lowest BCUT2D eigenvalue weighted by Crippen LogP contribution is -2.09. The fourth-order valence-electron chi connectivity index (χ4n) is 3.24. The third kappa shape index (κ3) is 5.72. The second-order valence-corrected chi connectivity index (χ2v) is 7.27. The average molecular weight is 454 g/mol. The number of benzene rings is 3. The number of hydrogen-bond acceptors (Lipinski definition) is 8. The Labute approximate surface area is 197 Å². The summed E-state index contributed by atoms with van der Waals surface area (Å²) in [7, 11) is 0. The summed E-state index contributed by atoms with van der Waals surface area (Å²) in [5.41, 5.74) is 13.8. The van der Waals surface area contributed by atoms with Crippen LogP contribution >= 0.6 is 0 Å². The van der Waals surface area contributed by atoms with Crippen molar-refractivity contribution < 1.29 is 14.2 Å². The molecule has 0 bridgehead atoms. The highest BCUT2D eigenvalue weighted by molar-refractivity contribution is 5.73. The molecule has 0 saturated heterocycles. The van der Waals surface area contributed by atoms with E-state index in [1.54, 1.807) is 18.2 Å². The zero-order valence-corrected chi connectivity index (χ0v) is 18.3. The van der Waals surface area contributed by atoms with Gasteiger partial charge in [-0.25, -0.2) is 4.98 Å². The Morgan fingerprint density at radius 1 is 0.735 bits per heavy atom. The van der Waals surface area contributed by atoms with Gasteiger partial charge in [0.15, 0.2) is 0 Å². The van der Waals surface area contributed by atoms with Crippen LogP contribution in [-0.2, 0) is 6.61 Å². The molecule has 1 aromatic heterocycles. The lowest BCUT2D eigenvalue weighted by Gasteiger charge is -2.11. The molecule has 0 unspecified atom stereocenters. The highest BCUT2D eigenvalue weighted by Crippen LogP contribution is 2.28. The van der Waals surface area contributed by atoms with E-state index in [-0.39, 0.29) is 17.3 Å². The van der Waals surface area contributed by atoms with Crippen molar-refractivity contribution in [1.82, 2.24) is 9.97 Å². The SMILES string of the molecule is N#Cc1c(N)nc(N)nc1-c1cccc(OCCOc2ccc(OCc3ccccc3)cc2)c1. The van der Waals surface area contributed by atoms with Crippen LogP contribution in [0.2, 0.25) is 0 Å². The summed E-state index contributed by atoms with van der Waals surface area (Å²) in [4.78, 5) is 8.00. The summed E-state index contributed by atoms with van der Waals surface area (Å²) < 4.78 is 17.3. The minimum Gasteiger partial charge on any atom is -0.490 e. The lowest BCUT2D eigenvalue weighted by molar-refractivity contribution is 0.217. The number of anilines is 2. The largest absolute Gasteiger partial charge is 0.490 e. The first-order valence-corrected chi connectivity index (χ1v) is 10.6. The predicted octanol–water partition coefficient (Wildman–Crippen LogP) is 4.22. The van der Waals surface area contributed by atoms with E-state index in [0.29, 0.717) is 36.8 Å². The van der Waals surface area contributed by atoms with Crippen molar-refractivity contribution in [3.8, 4) is 34.6 Å². The average Bonchev–Trinajstić information content (AvgIpc) is 2.86. The van der Waals surface area contributed by atoms with Gasteiger partial charge in [-0.2, -0.15) is 10.2 Å². The Hall–Kier alpha value is -4.77. The quantitative estimate of drug-likeness (QED) is 0.360. The molecule has 1 heterocycles. The van der Waals surface area contributed by atoms with E-state index >= 15 is 0 Å². The number of nitrogen functional groups attached to an aromatic ring is 2. The Morgan fingerprint density at radius 3 is 2.12 bits per heavy atom. The van der Waals surface area contributed by atoms with Gasteiger partial charge in [0, 0.05) is 5.56 Å². The molecule has 0 spiro atoms. The predicted molar refractivity (Wildman–Crippen MR) is 129 cm³/mol. The molecular weight excluding hydrogens is 430 g/mol. The van der Waals surface area contributed by atoms with Crippen molar-refractivity contribution in [2.45, 2.75) is 6.61 Å². The van der Waals surface area contributed by atoms with Gasteiger partial charge in [-0.05, 0) is 42.0 Å². The first-order chi connectivity index (χ1) is 16.6. The summed E-state index contributed by atoms with van der Waals surface area (Å²) in [6.07, 6.45) is 0. The van der Waals surface area contributed by atoms with Gasteiger partial charge in [-0.1, -0.05) is 42.5 Å². The van der Waals surface area contributed by atoms with Gasteiger partial charge in [-0.3, -0.25) is 0 Å². The van der Waals surface area contributed by atoms with Crippen LogP contribution in [0.5, 0.6) is 17.2 Å². The van der Waals surface area contributed by atoms with Gasteiger partial charge in [0.05, 0.1) is 5.69 Å². The van der Waals surface area contributed by atoms with Crippen molar-refractivity contribution in [1.29, 1.82) is 5.26 Å². The molecule has 8 nitrogen and oxygen atoms in total. The fraction of sp³-hybridized carbons (Fsp3) is 0.115. The maximum absolute atomic E-state index is 9.40. The number of nitrogens with zero attached hydrogens (tertiary/aromatic N) is 3. The highest BCUT2D eigenvalue weighted by Gasteiger charge is 2.13. The molecule has 4 N–H and O–H groups in total. The van der Waals surface area contributed by atoms with Gasteiger partial charge in [-0.15, -0.1) is 0 Å². The van der Waals surface area contributed by atoms with E-state index in [1.807, 2.05) is 66.7 Å². The molecule has 0 amide bonds. The Balaban J connectivity index is 1.29. The summed E-state index contributed by atoms with van der Waals surface area (Å²) in [6, 6.07) is 26.6. The Kier molecular flexibility index (Phi) is 7.06. The molecule has 4 rings (SSSR count). The standard InChI is InChI=1S/C26H23N5O3/c27-16-23-24(30-26(29)31-25(23)28)19-7-4-8-22(15-19)33-14-13-32-20-9-11-21(12-10-20)34-17-18-5-2-1-3-6-18/h1-12,15H,13-14,17H2,(H4,28,29,30,31). The molecule has 0 aliphatic rings. The second-order valence-electron chi connectivity index (χ2n) is 7.27. The third-order valence-corrected chi connectivity index (χ3v) is 4.87. The lowest BCUT2D eigenvalue weighted by atomic mass is 10.1. The van der Waals surface area contributed by atoms with E-state index in [0.717, 1.165) is 17.1 Å². The first kappa shape index (κ1) is 22.4. The van der Waals surface area contributed by atoms with Crippen molar-refractivity contribution in [2.24, 2.45) is 0 Å². The summed E-state index contributed by atoms with van der Waals surface area (Å²) in [6.45, 7) is 1.19. The molecule has 0 aliphatic heterocycles. The van der Waals surface area contributed by atoms with E-state index in [9.17, 15) is 5.26 Å². The summed E-state index contributed by atoms with van der Waals surface area (Å²) in [5, 5.41) is 9.40. The molecule has 0 saturated carbocycles.